The van der Waals surface area contributed by atoms with Gasteiger partial charge in [0, 0.05) is 37.3 Å². The van der Waals surface area contributed by atoms with Crippen molar-refractivity contribution in [2.24, 2.45) is 7.05 Å². The van der Waals surface area contributed by atoms with Crippen LogP contribution in [0.3, 0.4) is 0 Å². The second kappa shape index (κ2) is 8.95. The van der Waals surface area contributed by atoms with Gasteiger partial charge in [0.05, 0.1) is 51.9 Å². The van der Waals surface area contributed by atoms with Crippen LogP contribution >= 0.6 is 0 Å². The summed E-state index contributed by atoms with van der Waals surface area (Å²) in [5.41, 5.74) is 6.90. The van der Waals surface area contributed by atoms with Crippen molar-refractivity contribution in [1.29, 1.82) is 0 Å². The molecule has 1 aromatic carbocycles. The minimum atomic E-state index is -4.54. The maximum absolute atomic E-state index is 13.8. The Morgan fingerprint density at radius 2 is 1.84 bits per heavy atom. The first-order chi connectivity index (χ1) is 17.4. The average Bonchev–Trinajstić information content (AvgIpc) is 3.24. The number of nitrogen functional groups attached to an aromatic ring is 1. The molecule has 4 aromatic rings. The Bertz CT molecular complexity index is 1600. The summed E-state index contributed by atoms with van der Waals surface area (Å²) < 4.78 is 64.5. The number of anilines is 1. The molecule has 0 spiro atoms. The number of halogens is 3. The van der Waals surface area contributed by atoms with E-state index < -0.39 is 27.5 Å². The van der Waals surface area contributed by atoms with Crippen LogP contribution in [0.5, 0.6) is 0 Å². The molecule has 1 aliphatic heterocycles. The number of nitrogens with zero attached hydrogens (tertiary/aromatic N) is 6. The predicted octanol–water partition coefficient (Wildman–Crippen LogP) is 2.41. The zero-order valence-electron chi connectivity index (χ0n) is 19.6. The van der Waals surface area contributed by atoms with Crippen LogP contribution in [0.4, 0.5) is 19.0 Å². The third-order valence-electron chi connectivity index (χ3n) is 6.31. The van der Waals surface area contributed by atoms with Gasteiger partial charge in [-0.1, -0.05) is 0 Å². The third-order valence-corrected chi connectivity index (χ3v) is 7.92. The first-order valence-electron chi connectivity index (χ1n) is 11.2. The lowest BCUT2D eigenvalue weighted by molar-refractivity contribution is -0.137. The quantitative estimate of drug-likeness (QED) is 0.424. The molecule has 5 rings (SSSR count). The Balaban J connectivity index is 1.53. The van der Waals surface area contributed by atoms with Crippen LogP contribution in [0.1, 0.15) is 21.6 Å². The van der Waals surface area contributed by atoms with Crippen LogP contribution in [0, 0.1) is 0 Å². The van der Waals surface area contributed by atoms with Crippen LogP contribution < -0.4 is 5.73 Å². The van der Waals surface area contributed by atoms with Crippen molar-refractivity contribution in [3.05, 3.63) is 59.5 Å². The molecule has 1 saturated heterocycles. The standard InChI is InChI=1S/C23H22F3N7O3S/c1-31-20-17-10-14(2-5-19(17)30-21(27)18(20)12-29-31)22(34)33(32-6-8-37(35,36)9-7-32)13-16-4-3-15(11-28-16)23(24,25)26/h2-5,10-12H,6-9,13H2,1H3,(H2,27,30). The number of carbonyl (C=O) groups excluding carboxylic acids is 1. The van der Waals surface area contributed by atoms with E-state index in [1.165, 1.54) is 11.1 Å². The van der Waals surface area contributed by atoms with Crippen molar-refractivity contribution in [3.63, 3.8) is 0 Å². The van der Waals surface area contributed by atoms with Crippen LogP contribution in [-0.4, -0.2) is 68.7 Å². The fourth-order valence-corrected chi connectivity index (χ4v) is 5.51. The molecule has 14 heteroatoms. The van der Waals surface area contributed by atoms with E-state index in [9.17, 15) is 26.4 Å². The number of hydrogen-bond donors (Lipinski definition) is 1. The molecular formula is C23H22F3N7O3S. The van der Waals surface area contributed by atoms with Gasteiger partial charge < -0.3 is 5.73 Å². The smallest absolute Gasteiger partial charge is 0.383 e. The Labute approximate surface area is 209 Å². The number of carbonyl (C=O) groups is 1. The van der Waals surface area contributed by atoms with Gasteiger partial charge in [0.1, 0.15) is 5.82 Å². The second-order valence-electron chi connectivity index (χ2n) is 8.76. The highest BCUT2D eigenvalue weighted by Gasteiger charge is 2.32. The maximum Gasteiger partial charge on any atom is 0.417 e. The van der Waals surface area contributed by atoms with Crippen molar-refractivity contribution in [2.45, 2.75) is 12.7 Å². The van der Waals surface area contributed by atoms with Crippen molar-refractivity contribution in [3.8, 4) is 0 Å². The average molecular weight is 534 g/mol. The topological polar surface area (TPSA) is 127 Å². The van der Waals surface area contributed by atoms with Gasteiger partial charge in [-0.05, 0) is 30.3 Å². The molecule has 1 aliphatic rings. The highest BCUT2D eigenvalue weighted by atomic mass is 32.2. The van der Waals surface area contributed by atoms with E-state index >= 15 is 0 Å². The van der Waals surface area contributed by atoms with E-state index in [1.807, 2.05) is 0 Å². The van der Waals surface area contributed by atoms with E-state index in [0.717, 1.165) is 6.07 Å². The number of fused-ring (bicyclic) bond motifs is 3. The van der Waals surface area contributed by atoms with Crippen LogP contribution in [0.2, 0.25) is 0 Å². The highest BCUT2D eigenvalue weighted by molar-refractivity contribution is 7.91. The van der Waals surface area contributed by atoms with Crippen molar-refractivity contribution >= 4 is 43.4 Å². The first-order valence-corrected chi connectivity index (χ1v) is 13.1. The number of hydrogen-bond acceptors (Lipinski definition) is 8. The molecule has 2 N–H and O–H groups in total. The Kier molecular flexibility index (Phi) is 6.02. The summed E-state index contributed by atoms with van der Waals surface area (Å²) in [6.07, 6.45) is -2.24. The summed E-state index contributed by atoms with van der Waals surface area (Å²) in [5, 5.41) is 8.43. The summed E-state index contributed by atoms with van der Waals surface area (Å²) in [5.74, 6) is -0.448. The van der Waals surface area contributed by atoms with Crippen LogP contribution in [0.25, 0.3) is 21.8 Å². The Hall–Kier alpha value is -3.78. The van der Waals surface area contributed by atoms with Gasteiger partial charge in [-0.15, -0.1) is 0 Å². The SMILES string of the molecule is Cn1ncc2c(N)nc3ccc(C(=O)N(Cc4ccc(C(F)(F)F)cn4)N4CCS(=O)(=O)CC4)cc3c21. The van der Waals surface area contributed by atoms with Gasteiger partial charge in [0.2, 0.25) is 0 Å². The van der Waals surface area contributed by atoms with Gasteiger partial charge in [-0.25, -0.2) is 18.4 Å². The highest BCUT2D eigenvalue weighted by Crippen LogP contribution is 2.30. The Morgan fingerprint density at radius 3 is 2.49 bits per heavy atom. The van der Waals surface area contributed by atoms with E-state index in [-0.39, 0.29) is 42.4 Å². The van der Waals surface area contributed by atoms with Crippen LogP contribution in [0.15, 0.2) is 42.7 Å². The Morgan fingerprint density at radius 1 is 1.11 bits per heavy atom. The molecule has 0 saturated carbocycles. The largest absolute Gasteiger partial charge is 0.417 e. The van der Waals surface area contributed by atoms with Gasteiger partial charge in [-0.3, -0.25) is 19.5 Å². The monoisotopic (exact) mass is 533 g/mol. The number of pyridine rings is 2. The molecule has 0 aliphatic carbocycles. The number of amides is 1. The number of hydrazine groups is 1. The second-order valence-corrected chi connectivity index (χ2v) is 11.1. The zero-order chi connectivity index (χ0) is 26.5. The molecule has 37 heavy (non-hydrogen) atoms. The molecule has 1 fully saturated rings. The molecule has 1 amide bonds. The lowest BCUT2D eigenvalue weighted by atomic mass is 10.1. The summed E-state index contributed by atoms with van der Waals surface area (Å²) in [7, 11) is -1.50. The van der Waals surface area contributed by atoms with Crippen molar-refractivity contribution in [1.82, 2.24) is 29.8 Å². The molecule has 3 aromatic heterocycles. The van der Waals surface area contributed by atoms with Gasteiger partial charge >= 0.3 is 6.18 Å². The summed E-state index contributed by atoms with van der Waals surface area (Å²) >= 11 is 0. The maximum atomic E-state index is 13.8. The third kappa shape index (κ3) is 4.81. The minimum absolute atomic E-state index is 0.0619. The number of nitrogens with two attached hydrogens (primary N) is 1. The molecule has 0 radical (unpaired) electrons. The first kappa shape index (κ1) is 24.9. The van der Waals surface area contributed by atoms with Crippen LogP contribution in [-0.2, 0) is 29.6 Å². The normalized spacial score (nSPS) is 16.3. The summed E-state index contributed by atoms with van der Waals surface area (Å²) in [6.45, 7) is -0.0190. The lowest BCUT2D eigenvalue weighted by Crippen LogP contribution is -2.52. The predicted molar refractivity (Wildman–Crippen MR) is 130 cm³/mol. The molecule has 10 nitrogen and oxygen atoms in total. The van der Waals surface area contributed by atoms with Gasteiger partial charge in [0.15, 0.2) is 9.84 Å². The van der Waals surface area contributed by atoms with Crippen molar-refractivity contribution in [2.75, 3.05) is 30.3 Å². The van der Waals surface area contributed by atoms with E-state index in [1.54, 1.807) is 41.1 Å². The number of aryl methyl sites for hydroxylation is 1. The molecule has 0 unspecified atom stereocenters. The molecule has 4 heterocycles. The zero-order valence-corrected chi connectivity index (χ0v) is 20.4. The lowest BCUT2D eigenvalue weighted by Gasteiger charge is -2.37. The number of benzene rings is 1. The fourth-order valence-electron chi connectivity index (χ4n) is 4.32. The molecular weight excluding hydrogens is 511 g/mol. The van der Waals surface area contributed by atoms with Gasteiger partial charge in [-0.2, -0.15) is 18.3 Å². The number of alkyl halides is 3. The van der Waals surface area contributed by atoms with E-state index in [4.69, 9.17) is 5.73 Å². The summed E-state index contributed by atoms with van der Waals surface area (Å²) in [6, 6.07) is 6.99. The molecule has 194 valence electrons. The molecule has 0 atom stereocenters. The van der Waals surface area contributed by atoms with E-state index in [0.29, 0.717) is 33.8 Å². The van der Waals surface area contributed by atoms with Crippen molar-refractivity contribution < 1.29 is 26.4 Å². The van der Waals surface area contributed by atoms with Gasteiger partial charge in [0.25, 0.3) is 5.91 Å². The fraction of sp³-hybridized carbons (Fsp3) is 0.304. The summed E-state index contributed by atoms with van der Waals surface area (Å²) in [4.78, 5) is 22.0. The molecule has 0 bridgehead atoms. The van der Waals surface area contributed by atoms with E-state index in [2.05, 4.69) is 15.1 Å². The number of sulfone groups is 1. The number of rotatable bonds is 4. The number of aromatic nitrogens is 4. The minimum Gasteiger partial charge on any atom is -0.383 e.